The van der Waals surface area contributed by atoms with Crippen LogP contribution in [-0.4, -0.2) is 20.2 Å². The molecule has 0 aliphatic heterocycles. The molecule has 21 heavy (non-hydrogen) atoms. The van der Waals surface area contributed by atoms with Crippen LogP contribution in [-0.2, 0) is 0 Å². The molecular formula is C15H13N5O. The molecule has 0 radical (unpaired) electrons. The minimum absolute atomic E-state index is 0.218. The zero-order valence-corrected chi connectivity index (χ0v) is 11.4. The Morgan fingerprint density at radius 2 is 2.00 bits per heavy atom. The SMILES string of the molecule is Cc1cc(Nc2cccc(-c3ccc(=O)[nH]n3)c2)ncn1. The lowest BCUT2D eigenvalue weighted by Gasteiger charge is -2.07. The van der Waals surface area contributed by atoms with E-state index in [0.29, 0.717) is 5.69 Å². The van der Waals surface area contributed by atoms with Crippen LogP contribution in [0.25, 0.3) is 11.3 Å². The molecule has 0 aliphatic carbocycles. The molecular weight excluding hydrogens is 266 g/mol. The number of H-pyrrole nitrogens is 1. The van der Waals surface area contributed by atoms with E-state index >= 15 is 0 Å². The number of hydrogen-bond donors (Lipinski definition) is 2. The number of aromatic amines is 1. The molecule has 2 heterocycles. The van der Waals surface area contributed by atoms with Gasteiger partial charge in [0.1, 0.15) is 12.1 Å². The highest BCUT2D eigenvalue weighted by molar-refractivity contribution is 5.67. The molecule has 0 unspecified atom stereocenters. The van der Waals surface area contributed by atoms with Crippen LogP contribution < -0.4 is 10.9 Å². The van der Waals surface area contributed by atoms with Gasteiger partial charge >= 0.3 is 0 Å². The molecule has 3 rings (SSSR count). The van der Waals surface area contributed by atoms with Crippen molar-refractivity contribution in [2.75, 3.05) is 5.32 Å². The zero-order valence-electron chi connectivity index (χ0n) is 11.4. The van der Waals surface area contributed by atoms with Crippen molar-refractivity contribution in [2.24, 2.45) is 0 Å². The Hall–Kier alpha value is -3.02. The first-order valence-corrected chi connectivity index (χ1v) is 6.42. The van der Waals surface area contributed by atoms with Gasteiger partial charge in [0.2, 0.25) is 0 Å². The largest absolute Gasteiger partial charge is 0.340 e. The van der Waals surface area contributed by atoms with Crippen molar-refractivity contribution in [3.63, 3.8) is 0 Å². The number of anilines is 2. The average molecular weight is 279 g/mol. The molecule has 0 fully saturated rings. The fourth-order valence-electron chi connectivity index (χ4n) is 1.93. The van der Waals surface area contributed by atoms with E-state index in [2.05, 4.69) is 25.5 Å². The normalized spacial score (nSPS) is 10.3. The van der Waals surface area contributed by atoms with E-state index < -0.39 is 0 Å². The lowest BCUT2D eigenvalue weighted by molar-refractivity contribution is 0.995. The van der Waals surface area contributed by atoms with E-state index in [4.69, 9.17) is 0 Å². The molecule has 0 atom stereocenters. The predicted molar refractivity (Wildman–Crippen MR) is 80.3 cm³/mol. The predicted octanol–water partition coefficient (Wildman–Crippen LogP) is 2.28. The van der Waals surface area contributed by atoms with Crippen LogP contribution in [0.4, 0.5) is 11.5 Å². The van der Waals surface area contributed by atoms with Gasteiger partial charge in [-0.2, -0.15) is 5.10 Å². The quantitative estimate of drug-likeness (QED) is 0.768. The van der Waals surface area contributed by atoms with Gasteiger partial charge in [-0.3, -0.25) is 4.79 Å². The van der Waals surface area contributed by atoms with Gasteiger partial charge in [0.25, 0.3) is 5.56 Å². The number of aryl methyl sites for hydroxylation is 1. The van der Waals surface area contributed by atoms with Crippen molar-refractivity contribution in [1.82, 2.24) is 20.2 Å². The second-order valence-corrected chi connectivity index (χ2v) is 4.56. The molecule has 2 aromatic heterocycles. The van der Waals surface area contributed by atoms with Crippen LogP contribution in [0.3, 0.4) is 0 Å². The van der Waals surface area contributed by atoms with E-state index in [1.807, 2.05) is 37.3 Å². The third kappa shape index (κ3) is 3.11. The van der Waals surface area contributed by atoms with Crippen LogP contribution in [0.5, 0.6) is 0 Å². The molecule has 1 aromatic carbocycles. The monoisotopic (exact) mass is 279 g/mol. The molecule has 3 aromatic rings. The number of benzene rings is 1. The Morgan fingerprint density at radius 1 is 1.10 bits per heavy atom. The molecule has 0 saturated heterocycles. The maximum Gasteiger partial charge on any atom is 0.264 e. The minimum Gasteiger partial charge on any atom is -0.340 e. The second kappa shape index (κ2) is 5.54. The molecule has 0 bridgehead atoms. The third-order valence-corrected chi connectivity index (χ3v) is 2.91. The van der Waals surface area contributed by atoms with E-state index in [9.17, 15) is 4.79 Å². The van der Waals surface area contributed by atoms with Crippen molar-refractivity contribution in [2.45, 2.75) is 6.92 Å². The first-order chi connectivity index (χ1) is 10.2. The zero-order chi connectivity index (χ0) is 14.7. The Balaban J connectivity index is 1.89. The maximum atomic E-state index is 11.0. The van der Waals surface area contributed by atoms with Gasteiger partial charge in [0, 0.05) is 29.1 Å². The number of nitrogens with zero attached hydrogens (tertiary/aromatic N) is 3. The van der Waals surface area contributed by atoms with E-state index in [1.54, 1.807) is 6.07 Å². The Bertz CT molecular complexity index is 808. The van der Waals surface area contributed by atoms with Crippen LogP contribution in [0.15, 0.2) is 53.6 Å². The van der Waals surface area contributed by atoms with Gasteiger partial charge in [-0.25, -0.2) is 15.1 Å². The van der Waals surface area contributed by atoms with Crippen molar-refractivity contribution in [3.05, 3.63) is 64.8 Å². The molecule has 6 heteroatoms. The van der Waals surface area contributed by atoms with Gasteiger partial charge in [0.15, 0.2) is 0 Å². The smallest absolute Gasteiger partial charge is 0.264 e. The third-order valence-electron chi connectivity index (χ3n) is 2.91. The summed E-state index contributed by atoms with van der Waals surface area (Å²) in [7, 11) is 0. The van der Waals surface area contributed by atoms with Crippen LogP contribution >= 0.6 is 0 Å². The average Bonchev–Trinajstić information content (AvgIpc) is 2.48. The first-order valence-electron chi connectivity index (χ1n) is 6.42. The first kappa shape index (κ1) is 13.0. The highest BCUT2D eigenvalue weighted by atomic mass is 16.1. The fourth-order valence-corrected chi connectivity index (χ4v) is 1.93. The topological polar surface area (TPSA) is 83.6 Å². The van der Waals surface area contributed by atoms with Gasteiger partial charge < -0.3 is 5.32 Å². The Kier molecular flexibility index (Phi) is 3.42. The highest BCUT2D eigenvalue weighted by Crippen LogP contribution is 2.21. The van der Waals surface area contributed by atoms with Crippen molar-refractivity contribution >= 4 is 11.5 Å². The second-order valence-electron chi connectivity index (χ2n) is 4.56. The molecule has 0 amide bonds. The Morgan fingerprint density at radius 3 is 2.76 bits per heavy atom. The summed E-state index contributed by atoms with van der Waals surface area (Å²) in [5.41, 5.74) is 3.17. The van der Waals surface area contributed by atoms with E-state index in [0.717, 1.165) is 22.8 Å². The van der Waals surface area contributed by atoms with Crippen molar-refractivity contribution < 1.29 is 0 Å². The summed E-state index contributed by atoms with van der Waals surface area (Å²) in [4.78, 5) is 19.3. The van der Waals surface area contributed by atoms with E-state index in [1.165, 1.54) is 12.4 Å². The molecule has 0 saturated carbocycles. The standard InChI is InChI=1S/C15H13N5O/c1-10-7-14(17-9-16-10)18-12-4-2-3-11(8-12)13-5-6-15(21)20-19-13/h2-9H,1H3,(H,20,21)(H,16,17,18). The summed E-state index contributed by atoms with van der Waals surface area (Å²) in [5.74, 6) is 0.731. The highest BCUT2D eigenvalue weighted by Gasteiger charge is 2.02. The molecule has 0 spiro atoms. The number of aromatic nitrogens is 4. The van der Waals surface area contributed by atoms with E-state index in [-0.39, 0.29) is 5.56 Å². The summed E-state index contributed by atoms with van der Waals surface area (Å²) in [5, 5.41) is 9.66. The molecule has 2 N–H and O–H groups in total. The van der Waals surface area contributed by atoms with Gasteiger partial charge in [0.05, 0.1) is 5.69 Å². The maximum absolute atomic E-state index is 11.0. The molecule has 0 aliphatic rings. The van der Waals surface area contributed by atoms with Gasteiger partial charge in [-0.15, -0.1) is 0 Å². The summed E-state index contributed by atoms with van der Waals surface area (Å²) in [6.07, 6.45) is 1.52. The number of hydrogen-bond acceptors (Lipinski definition) is 5. The van der Waals surface area contributed by atoms with Crippen LogP contribution in [0, 0.1) is 6.92 Å². The lowest BCUT2D eigenvalue weighted by Crippen LogP contribution is -2.05. The fraction of sp³-hybridized carbons (Fsp3) is 0.0667. The number of rotatable bonds is 3. The summed E-state index contributed by atoms with van der Waals surface area (Å²) < 4.78 is 0. The Labute approximate surface area is 120 Å². The summed E-state index contributed by atoms with van der Waals surface area (Å²) >= 11 is 0. The van der Waals surface area contributed by atoms with Crippen molar-refractivity contribution in [1.29, 1.82) is 0 Å². The van der Waals surface area contributed by atoms with Crippen LogP contribution in [0.2, 0.25) is 0 Å². The number of nitrogens with one attached hydrogen (secondary N) is 2. The summed E-state index contributed by atoms with van der Waals surface area (Å²) in [6, 6.07) is 12.7. The summed E-state index contributed by atoms with van der Waals surface area (Å²) in [6.45, 7) is 1.91. The molecule has 6 nitrogen and oxygen atoms in total. The van der Waals surface area contributed by atoms with Gasteiger partial charge in [-0.05, 0) is 25.1 Å². The van der Waals surface area contributed by atoms with Crippen LogP contribution in [0.1, 0.15) is 5.69 Å². The van der Waals surface area contributed by atoms with Gasteiger partial charge in [-0.1, -0.05) is 12.1 Å². The molecule has 104 valence electrons. The lowest BCUT2D eigenvalue weighted by atomic mass is 10.1. The minimum atomic E-state index is -0.218. The van der Waals surface area contributed by atoms with Crippen molar-refractivity contribution in [3.8, 4) is 11.3 Å².